The number of rotatable bonds is 7. The molecule has 160 valence electrons. The topological polar surface area (TPSA) is 114 Å². The van der Waals surface area contributed by atoms with Crippen LogP contribution in [0.5, 0.6) is 0 Å². The molecular weight excluding hydrogens is 414 g/mol. The van der Waals surface area contributed by atoms with Crippen molar-refractivity contribution in [2.45, 2.75) is 45.1 Å². The molecule has 0 saturated heterocycles. The monoisotopic (exact) mass is 437 g/mol. The van der Waals surface area contributed by atoms with Crippen LogP contribution in [0.3, 0.4) is 0 Å². The number of fused-ring (bicyclic) bond motifs is 1. The van der Waals surface area contributed by atoms with Crippen molar-refractivity contribution in [3.63, 3.8) is 0 Å². The van der Waals surface area contributed by atoms with Gasteiger partial charge in [0.05, 0.1) is 35.9 Å². The van der Waals surface area contributed by atoms with Crippen LogP contribution in [0.25, 0.3) is 15.8 Å². The van der Waals surface area contributed by atoms with Crippen molar-refractivity contribution in [1.29, 1.82) is 5.26 Å². The summed E-state index contributed by atoms with van der Waals surface area (Å²) >= 11 is 1.59. The maximum Gasteiger partial charge on any atom is 0.230 e. The Labute approximate surface area is 183 Å². The molecule has 0 aliphatic carbocycles. The number of nitrogens with zero attached hydrogens (tertiary/aromatic N) is 4. The van der Waals surface area contributed by atoms with Gasteiger partial charge in [-0.3, -0.25) is 4.79 Å². The molecule has 9 heteroatoms. The van der Waals surface area contributed by atoms with Crippen LogP contribution in [0.4, 0.5) is 0 Å². The number of amides is 1. The van der Waals surface area contributed by atoms with Gasteiger partial charge in [0.2, 0.25) is 17.7 Å². The van der Waals surface area contributed by atoms with Gasteiger partial charge in [-0.25, -0.2) is 4.98 Å². The third kappa shape index (κ3) is 4.98. The van der Waals surface area contributed by atoms with E-state index in [1.54, 1.807) is 18.3 Å². The van der Waals surface area contributed by atoms with E-state index in [1.807, 2.05) is 13.0 Å². The number of aromatic nitrogens is 3. The van der Waals surface area contributed by atoms with E-state index in [9.17, 15) is 10.1 Å². The van der Waals surface area contributed by atoms with E-state index in [1.165, 1.54) is 11.1 Å². The van der Waals surface area contributed by atoms with Gasteiger partial charge in [-0.15, -0.1) is 21.5 Å². The molecule has 2 aromatic heterocycles. The molecule has 1 unspecified atom stereocenters. The summed E-state index contributed by atoms with van der Waals surface area (Å²) in [4.78, 5) is 16.8. The number of carbonyl (C=O) groups excluding carboxylic acids is 1. The highest BCUT2D eigenvalue weighted by Crippen LogP contribution is 2.29. The molecule has 8 nitrogen and oxygen atoms in total. The average Bonchev–Trinajstić information content (AvgIpc) is 3.39. The molecule has 3 aromatic rings. The van der Waals surface area contributed by atoms with Crippen LogP contribution in [0, 0.1) is 11.3 Å². The van der Waals surface area contributed by atoms with E-state index in [0.29, 0.717) is 25.3 Å². The number of thiazole rings is 1. The Morgan fingerprint density at radius 1 is 1.35 bits per heavy atom. The maximum absolute atomic E-state index is 12.2. The van der Waals surface area contributed by atoms with Crippen LogP contribution in [-0.4, -0.2) is 39.8 Å². The lowest BCUT2D eigenvalue weighted by Crippen LogP contribution is -2.44. The summed E-state index contributed by atoms with van der Waals surface area (Å²) in [5, 5.41) is 20.8. The van der Waals surface area contributed by atoms with Crippen molar-refractivity contribution >= 4 is 33.0 Å². The molecule has 31 heavy (non-hydrogen) atoms. The van der Waals surface area contributed by atoms with E-state index >= 15 is 0 Å². The minimum absolute atomic E-state index is 0.0632. The predicted octanol–water partition coefficient (Wildman–Crippen LogP) is 3.42. The van der Waals surface area contributed by atoms with Gasteiger partial charge in [-0.2, -0.15) is 5.26 Å². The zero-order valence-corrected chi connectivity index (χ0v) is 18.3. The molecule has 0 saturated carbocycles. The highest BCUT2D eigenvalue weighted by molar-refractivity contribution is 7.18. The first-order chi connectivity index (χ1) is 15.0. The van der Waals surface area contributed by atoms with Crippen LogP contribution in [0.15, 0.2) is 28.7 Å². The Kier molecular flexibility index (Phi) is 6.11. The fourth-order valence-electron chi connectivity index (χ4n) is 3.28. The average molecular weight is 438 g/mol. The van der Waals surface area contributed by atoms with E-state index in [2.05, 4.69) is 44.8 Å². The Hall–Kier alpha value is -3.09. The first-order valence-corrected chi connectivity index (χ1v) is 11.0. The number of nitrogens with one attached hydrogen (secondary N) is 1. The first-order valence-electron chi connectivity index (χ1n) is 10.2. The Bertz CT molecular complexity index is 1180. The van der Waals surface area contributed by atoms with Crippen LogP contribution in [0.2, 0.25) is 0 Å². The third-order valence-corrected chi connectivity index (χ3v) is 6.28. The summed E-state index contributed by atoms with van der Waals surface area (Å²) in [6, 6.07) is 8.40. The van der Waals surface area contributed by atoms with Crippen LogP contribution in [-0.2, 0) is 22.4 Å². The predicted molar refractivity (Wildman–Crippen MR) is 116 cm³/mol. The van der Waals surface area contributed by atoms with Gasteiger partial charge in [0, 0.05) is 0 Å². The lowest BCUT2D eigenvalue weighted by molar-refractivity contribution is -0.122. The summed E-state index contributed by atoms with van der Waals surface area (Å²) in [6.45, 7) is 4.94. The Balaban J connectivity index is 1.43. The summed E-state index contributed by atoms with van der Waals surface area (Å²) in [7, 11) is 0. The van der Waals surface area contributed by atoms with Gasteiger partial charge in [0.1, 0.15) is 17.0 Å². The number of ether oxygens (including phenoxy) is 1. The molecule has 0 spiro atoms. The SMILES string of the molecule is CCC(C)(C#N)NC(=O)Cc1nnc(Cc2nc3ccc(C4=CCOCC4)cc3s2)o1. The Morgan fingerprint density at radius 2 is 2.19 bits per heavy atom. The van der Waals surface area contributed by atoms with E-state index in [4.69, 9.17) is 9.15 Å². The van der Waals surface area contributed by atoms with Gasteiger partial charge in [-0.1, -0.05) is 19.1 Å². The molecule has 3 heterocycles. The second-order valence-corrected chi connectivity index (χ2v) is 8.75. The smallest absolute Gasteiger partial charge is 0.230 e. The molecule has 1 atom stereocenters. The van der Waals surface area contributed by atoms with Crippen molar-refractivity contribution in [2.24, 2.45) is 0 Å². The van der Waals surface area contributed by atoms with Crippen molar-refractivity contribution in [2.75, 3.05) is 13.2 Å². The molecule has 1 aliphatic rings. The standard InChI is InChI=1S/C22H23N5O3S/c1-3-22(2,13-23)25-18(28)11-19-26-27-20(30-19)12-21-24-16-5-4-15(10-17(16)31-21)14-6-8-29-9-7-14/h4-6,10H,3,7-9,11-12H2,1-2H3,(H,25,28). The van der Waals surface area contributed by atoms with E-state index in [0.717, 1.165) is 28.3 Å². The van der Waals surface area contributed by atoms with Crippen molar-refractivity contribution in [3.8, 4) is 6.07 Å². The third-order valence-electron chi connectivity index (χ3n) is 5.26. The number of hydrogen-bond acceptors (Lipinski definition) is 8. The van der Waals surface area contributed by atoms with E-state index in [-0.39, 0.29) is 18.2 Å². The molecule has 1 amide bonds. The highest BCUT2D eigenvalue weighted by atomic mass is 32.1. The molecule has 4 rings (SSSR count). The zero-order valence-electron chi connectivity index (χ0n) is 17.5. The summed E-state index contributed by atoms with van der Waals surface area (Å²) in [5.74, 6) is 0.308. The Morgan fingerprint density at radius 3 is 2.94 bits per heavy atom. The zero-order chi connectivity index (χ0) is 21.8. The fraction of sp³-hybridized carbons (Fsp3) is 0.409. The molecule has 1 aliphatic heterocycles. The fourth-order valence-corrected chi connectivity index (χ4v) is 4.28. The summed E-state index contributed by atoms with van der Waals surface area (Å²) < 4.78 is 12.1. The molecule has 0 bridgehead atoms. The van der Waals surface area contributed by atoms with Crippen molar-refractivity contribution in [1.82, 2.24) is 20.5 Å². The summed E-state index contributed by atoms with van der Waals surface area (Å²) in [5.41, 5.74) is 2.54. The van der Waals surface area contributed by atoms with Gasteiger partial charge in [0.25, 0.3) is 0 Å². The number of nitriles is 1. The lowest BCUT2D eigenvalue weighted by atomic mass is 10.0. The van der Waals surface area contributed by atoms with Crippen LogP contribution in [0.1, 0.15) is 49.0 Å². The summed E-state index contributed by atoms with van der Waals surface area (Å²) in [6.07, 6.45) is 3.90. The minimum atomic E-state index is -0.902. The maximum atomic E-state index is 12.2. The minimum Gasteiger partial charge on any atom is -0.424 e. The quantitative estimate of drug-likeness (QED) is 0.602. The van der Waals surface area contributed by atoms with Crippen molar-refractivity contribution in [3.05, 3.63) is 46.6 Å². The van der Waals surface area contributed by atoms with Gasteiger partial charge in [-0.05, 0) is 43.0 Å². The molecule has 0 radical (unpaired) electrons. The van der Waals surface area contributed by atoms with Crippen LogP contribution >= 0.6 is 11.3 Å². The van der Waals surface area contributed by atoms with Gasteiger partial charge < -0.3 is 14.5 Å². The highest BCUT2D eigenvalue weighted by Gasteiger charge is 2.24. The molecular formula is C22H23N5O3S. The second-order valence-electron chi connectivity index (χ2n) is 7.63. The van der Waals surface area contributed by atoms with E-state index < -0.39 is 5.54 Å². The number of hydrogen-bond donors (Lipinski definition) is 1. The largest absolute Gasteiger partial charge is 0.424 e. The van der Waals surface area contributed by atoms with Crippen LogP contribution < -0.4 is 5.32 Å². The molecule has 1 N–H and O–H groups in total. The van der Waals surface area contributed by atoms with Crippen molar-refractivity contribution < 1.29 is 13.9 Å². The number of benzene rings is 1. The normalized spacial score (nSPS) is 15.8. The number of carbonyl (C=O) groups is 1. The van der Waals surface area contributed by atoms with Gasteiger partial charge in [0.15, 0.2) is 0 Å². The molecule has 0 fully saturated rings. The molecule has 1 aromatic carbocycles. The lowest BCUT2D eigenvalue weighted by Gasteiger charge is -2.20. The first kappa shape index (κ1) is 21.2. The van der Waals surface area contributed by atoms with Gasteiger partial charge >= 0.3 is 0 Å². The second kappa shape index (κ2) is 8.96.